The molecule has 1 aliphatic rings. The van der Waals surface area contributed by atoms with Crippen LogP contribution in [0.15, 0.2) is 72.3 Å². The Hall–Kier alpha value is -4.04. The van der Waals surface area contributed by atoms with E-state index in [1.54, 1.807) is 47.9 Å². The van der Waals surface area contributed by atoms with Crippen LogP contribution in [0.2, 0.25) is 0 Å². The second kappa shape index (κ2) is 9.84. The lowest BCUT2D eigenvalue weighted by atomic mass is 9.96. The van der Waals surface area contributed by atoms with Crippen molar-refractivity contribution in [2.45, 2.75) is 38.3 Å². The number of aromatic nitrogens is 1. The van der Waals surface area contributed by atoms with Gasteiger partial charge in [0.05, 0.1) is 16.8 Å². The van der Waals surface area contributed by atoms with Gasteiger partial charge in [-0.15, -0.1) is 0 Å². The van der Waals surface area contributed by atoms with Crippen LogP contribution < -0.4 is 5.48 Å². The molecule has 2 unspecified atom stereocenters. The zero-order chi connectivity index (χ0) is 24.2. The van der Waals surface area contributed by atoms with E-state index in [0.29, 0.717) is 23.2 Å². The number of pyridine rings is 1. The van der Waals surface area contributed by atoms with Crippen molar-refractivity contribution < 1.29 is 24.7 Å². The summed E-state index contributed by atoms with van der Waals surface area (Å²) >= 11 is 0. The van der Waals surface area contributed by atoms with Crippen LogP contribution in [0.3, 0.4) is 0 Å². The minimum absolute atomic E-state index is 0.147. The van der Waals surface area contributed by atoms with E-state index in [1.807, 2.05) is 31.2 Å². The highest BCUT2D eigenvalue weighted by Crippen LogP contribution is 2.41. The first kappa shape index (κ1) is 23.1. The Morgan fingerprint density at radius 2 is 1.76 bits per heavy atom. The predicted octanol–water partition coefficient (Wildman–Crippen LogP) is 3.72. The van der Waals surface area contributed by atoms with Gasteiger partial charge in [-0.1, -0.05) is 74.4 Å². The lowest BCUT2D eigenvalue weighted by molar-refractivity contribution is -0.147. The molecule has 3 N–H and O–H groups in total. The molecule has 1 aliphatic heterocycles. The minimum Gasteiger partial charge on any atom is -0.507 e. The highest BCUT2D eigenvalue weighted by molar-refractivity contribution is 6.47. The number of unbranched alkanes of at least 4 members (excludes halogenated alkanes) is 1. The minimum atomic E-state index is -1.12. The van der Waals surface area contributed by atoms with Crippen molar-refractivity contribution in [3.63, 3.8) is 0 Å². The third-order valence-electron chi connectivity index (χ3n) is 6.01. The molecule has 1 fully saturated rings. The topological polar surface area (TPSA) is 120 Å². The normalized spacial score (nSPS) is 18.3. The maximum atomic E-state index is 13.3. The molecule has 2 heterocycles. The van der Waals surface area contributed by atoms with Crippen LogP contribution in [-0.2, 0) is 14.4 Å². The Kier molecular flexibility index (Phi) is 6.70. The zero-order valence-electron chi connectivity index (χ0n) is 18.6. The van der Waals surface area contributed by atoms with Gasteiger partial charge in [0, 0.05) is 10.9 Å². The molecule has 174 valence electrons. The second-order valence-corrected chi connectivity index (χ2v) is 8.14. The molecule has 2 atom stereocenters. The summed E-state index contributed by atoms with van der Waals surface area (Å²) in [7, 11) is 0. The van der Waals surface area contributed by atoms with Crippen LogP contribution in [0.25, 0.3) is 16.7 Å². The largest absolute Gasteiger partial charge is 0.507 e. The highest BCUT2D eigenvalue weighted by atomic mass is 16.5. The number of ketones is 1. The SMILES string of the molecule is CCCCC(C(=O)NO)N1C(=O)C(=O)/C(=C(/O)c2ccccc2)C1c1ccc2ccccc2n1. The van der Waals surface area contributed by atoms with E-state index in [1.165, 1.54) is 0 Å². The molecule has 0 radical (unpaired) electrons. The average molecular weight is 460 g/mol. The van der Waals surface area contributed by atoms with E-state index in [2.05, 4.69) is 4.98 Å². The first-order valence-corrected chi connectivity index (χ1v) is 11.1. The Morgan fingerprint density at radius 1 is 1.06 bits per heavy atom. The number of Topliss-reactive ketones (excluding diaryl/α,β-unsaturated/α-hetero) is 1. The Bertz CT molecular complexity index is 1270. The maximum Gasteiger partial charge on any atom is 0.296 e. The monoisotopic (exact) mass is 459 g/mol. The highest BCUT2D eigenvalue weighted by Gasteiger charge is 2.51. The van der Waals surface area contributed by atoms with E-state index in [4.69, 9.17) is 0 Å². The Labute approximate surface area is 196 Å². The number of hydrogen-bond acceptors (Lipinski definition) is 6. The van der Waals surface area contributed by atoms with Gasteiger partial charge in [0.25, 0.3) is 17.6 Å². The van der Waals surface area contributed by atoms with Crippen LogP contribution in [0.4, 0.5) is 0 Å². The molecule has 1 saturated heterocycles. The third-order valence-corrected chi connectivity index (χ3v) is 6.01. The second-order valence-electron chi connectivity index (χ2n) is 8.14. The van der Waals surface area contributed by atoms with Gasteiger partial charge >= 0.3 is 0 Å². The van der Waals surface area contributed by atoms with Gasteiger partial charge in [-0.25, -0.2) is 5.48 Å². The van der Waals surface area contributed by atoms with Crippen molar-refractivity contribution in [2.75, 3.05) is 0 Å². The van der Waals surface area contributed by atoms with Crippen LogP contribution >= 0.6 is 0 Å². The van der Waals surface area contributed by atoms with Gasteiger partial charge in [0.2, 0.25) is 0 Å². The van der Waals surface area contributed by atoms with Gasteiger partial charge in [-0.3, -0.25) is 24.6 Å². The summed E-state index contributed by atoms with van der Waals surface area (Å²) in [6, 6.07) is 17.1. The van der Waals surface area contributed by atoms with Crippen molar-refractivity contribution in [2.24, 2.45) is 0 Å². The molecule has 2 amide bonds. The number of aliphatic hydroxyl groups is 1. The number of para-hydroxylation sites is 1. The number of benzene rings is 2. The number of carbonyl (C=O) groups excluding carboxylic acids is 3. The molecule has 2 aromatic carbocycles. The fraction of sp³-hybridized carbons (Fsp3) is 0.231. The van der Waals surface area contributed by atoms with Crippen LogP contribution in [0, 0.1) is 0 Å². The number of likely N-dealkylation sites (tertiary alicyclic amines) is 1. The van der Waals surface area contributed by atoms with E-state index in [9.17, 15) is 24.7 Å². The molecule has 1 aromatic heterocycles. The number of nitrogens with one attached hydrogen (secondary N) is 1. The smallest absolute Gasteiger partial charge is 0.296 e. The van der Waals surface area contributed by atoms with Gasteiger partial charge in [-0.2, -0.15) is 0 Å². The maximum absolute atomic E-state index is 13.3. The van der Waals surface area contributed by atoms with E-state index in [0.717, 1.165) is 16.7 Å². The van der Waals surface area contributed by atoms with Gasteiger partial charge < -0.3 is 10.0 Å². The van der Waals surface area contributed by atoms with E-state index >= 15 is 0 Å². The number of nitrogens with zero attached hydrogens (tertiary/aromatic N) is 2. The molecular formula is C26H25N3O5. The molecule has 8 heteroatoms. The van der Waals surface area contributed by atoms with Crippen LogP contribution in [0.1, 0.15) is 43.5 Å². The van der Waals surface area contributed by atoms with Crippen molar-refractivity contribution in [1.29, 1.82) is 0 Å². The quantitative estimate of drug-likeness (QED) is 0.163. The summed E-state index contributed by atoms with van der Waals surface area (Å²) in [5.74, 6) is -2.99. The molecule has 0 aliphatic carbocycles. The van der Waals surface area contributed by atoms with Gasteiger partial charge in [-0.05, 0) is 18.6 Å². The van der Waals surface area contributed by atoms with Gasteiger partial charge in [0.15, 0.2) is 0 Å². The third kappa shape index (κ3) is 4.15. The fourth-order valence-electron chi connectivity index (χ4n) is 4.32. The first-order chi connectivity index (χ1) is 16.5. The Balaban J connectivity index is 1.94. The van der Waals surface area contributed by atoms with Crippen LogP contribution in [0.5, 0.6) is 0 Å². The average Bonchev–Trinajstić information content (AvgIpc) is 3.14. The number of carbonyl (C=O) groups is 3. The summed E-state index contributed by atoms with van der Waals surface area (Å²) in [6.07, 6.45) is 1.55. The number of amides is 2. The standard InChI is InChI=1S/C26H25N3O5/c1-2-3-13-20(25(32)28-34)29-22(19-15-14-16-9-7-8-12-18(16)27-19)21(24(31)26(29)33)23(30)17-10-5-4-6-11-17/h4-12,14-15,20,22,30,34H,2-3,13H2,1H3,(H,28,32)/b23-21+. The number of hydrogen-bond donors (Lipinski definition) is 3. The number of hydroxylamine groups is 1. The predicted molar refractivity (Wildman–Crippen MR) is 126 cm³/mol. The molecule has 8 nitrogen and oxygen atoms in total. The number of fused-ring (bicyclic) bond motifs is 1. The van der Waals surface area contributed by atoms with Crippen molar-refractivity contribution in [1.82, 2.24) is 15.4 Å². The number of aliphatic hydroxyl groups excluding tert-OH is 1. The molecule has 34 heavy (non-hydrogen) atoms. The van der Waals surface area contributed by atoms with Gasteiger partial charge in [0.1, 0.15) is 17.8 Å². The molecule has 4 rings (SSSR count). The van der Waals surface area contributed by atoms with Crippen molar-refractivity contribution in [3.05, 3.63) is 83.6 Å². The van der Waals surface area contributed by atoms with E-state index < -0.39 is 29.7 Å². The summed E-state index contributed by atoms with van der Waals surface area (Å²) in [5, 5.41) is 21.4. The summed E-state index contributed by atoms with van der Waals surface area (Å²) < 4.78 is 0. The van der Waals surface area contributed by atoms with E-state index in [-0.39, 0.29) is 17.8 Å². The first-order valence-electron chi connectivity index (χ1n) is 11.1. The van der Waals surface area contributed by atoms with Crippen molar-refractivity contribution >= 4 is 34.3 Å². The fourth-order valence-corrected chi connectivity index (χ4v) is 4.32. The molecule has 0 bridgehead atoms. The lowest BCUT2D eigenvalue weighted by Gasteiger charge is -2.31. The molecule has 3 aromatic rings. The summed E-state index contributed by atoms with van der Waals surface area (Å²) in [5.41, 5.74) is 2.81. The lowest BCUT2D eigenvalue weighted by Crippen LogP contribution is -2.48. The molecule has 0 saturated carbocycles. The zero-order valence-corrected chi connectivity index (χ0v) is 18.6. The molecular weight excluding hydrogens is 434 g/mol. The number of rotatable bonds is 7. The molecule has 0 spiro atoms. The summed E-state index contributed by atoms with van der Waals surface area (Å²) in [4.78, 5) is 44.9. The summed E-state index contributed by atoms with van der Waals surface area (Å²) in [6.45, 7) is 1.93. The van der Waals surface area contributed by atoms with Crippen LogP contribution in [-0.4, -0.2) is 43.8 Å². The van der Waals surface area contributed by atoms with Crippen molar-refractivity contribution in [3.8, 4) is 0 Å². The Morgan fingerprint density at radius 3 is 2.47 bits per heavy atom.